The molecule has 1 aliphatic carbocycles. The molecule has 0 saturated heterocycles. The quantitative estimate of drug-likeness (QED) is 0.524. The molecule has 0 atom stereocenters. The molecular weight excluding hydrogens is 228 g/mol. The molecule has 1 rings (SSSR count). The smallest absolute Gasteiger partial charge is 0.311 e. The number of carboxylic acids is 1. The predicted octanol–water partition coefficient (Wildman–Crippen LogP) is 0.738. The lowest BCUT2D eigenvalue weighted by Crippen LogP contribution is -2.19. The third-order valence-corrected chi connectivity index (χ3v) is 2.62. The molecular formula is C11H16O6. The van der Waals surface area contributed by atoms with E-state index in [1.807, 2.05) is 6.92 Å². The van der Waals surface area contributed by atoms with E-state index in [-0.39, 0.29) is 37.4 Å². The van der Waals surface area contributed by atoms with Crippen molar-refractivity contribution in [3.8, 4) is 0 Å². The van der Waals surface area contributed by atoms with Crippen molar-refractivity contribution >= 4 is 17.9 Å². The van der Waals surface area contributed by atoms with Crippen molar-refractivity contribution in [3.63, 3.8) is 0 Å². The molecule has 1 aliphatic rings. The number of carbonyl (C=O) groups is 3. The van der Waals surface area contributed by atoms with Crippen LogP contribution in [0.15, 0.2) is 0 Å². The standard InChI is InChI=1S/C11H16O6/c1-11(4-5-11)10(15)17-7-6-16-9(14)3-2-8(12)13/h2-7H2,1H3,(H,12,13). The van der Waals surface area contributed by atoms with Gasteiger partial charge in [-0.3, -0.25) is 14.4 Å². The number of ether oxygens (including phenoxy) is 2. The maximum atomic E-state index is 11.3. The summed E-state index contributed by atoms with van der Waals surface area (Å²) in [6.45, 7) is 1.82. The van der Waals surface area contributed by atoms with Crippen molar-refractivity contribution in [1.82, 2.24) is 0 Å². The molecule has 0 heterocycles. The molecule has 0 aromatic heterocycles. The Hall–Kier alpha value is -1.59. The summed E-state index contributed by atoms with van der Waals surface area (Å²) in [5, 5.41) is 8.33. The fraction of sp³-hybridized carbons (Fsp3) is 0.727. The topological polar surface area (TPSA) is 89.9 Å². The van der Waals surface area contributed by atoms with Crippen LogP contribution in [0.1, 0.15) is 32.6 Å². The highest BCUT2D eigenvalue weighted by Crippen LogP contribution is 2.45. The highest BCUT2D eigenvalue weighted by Gasteiger charge is 2.46. The average Bonchev–Trinajstić information content (AvgIpc) is 3.01. The fourth-order valence-electron chi connectivity index (χ4n) is 1.14. The summed E-state index contributed by atoms with van der Waals surface area (Å²) in [7, 11) is 0. The Morgan fingerprint density at radius 2 is 1.71 bits per heavy atom. The highest BCUT2D eigenvalue weighted by molar-refractivity contribution is 5.79. The Labute approximate surface area is 98.9 Å². The van der Waals surface area contributed by atoms with Crippen LogP contribution in [-0.2, 0) is 23.9 Å². The molecule has 0 aromatic carbocycles. The molecule has 0 amide bonds. The Morgan fingerprint density at radius 3 is 2.24 bits per heavy atom. The first-order chi connectivity index (χ1) is 7.94. The molecule has 96 valence electrons. The van der Waals surface area contributed by atoms with Crippen LogP contribution in [0.25, 0.3) is 0 Å². The summed E-state index contributed by atoms with van der Waals surface area (Å²) >= 11 is 0. The minimum absolute atomic E-state index is 0.0211. The second-order valence-electron chi connectivity index (χ2n) is 4.31. The van der Waals surface area contributed by atoms with Gasteiger partial charge in [-0.15, -0.1) is 0 Å². The van der Waals surface area contributed by atoms with Crippen molar-refractivity contribution in [2.24, 2.45) is 5.41 Å². The SMILES string of the molecule is CC1(C(=O)OCCOC(=O)CCC(=O)O)CC1. The molecule has 1 saturated carbocycles. The molecule has 0 unspecified atom stereocenters. The lowest BCUT2D eigenvalue weighted by molar-refractivity contribution is -0.156. The zero-order chi connectivity index (χ0) is 12.9. The first kappa shape index (κ1) is 13.5. The second kappa shape index (κ2) is 5.65. The maximum absolute atomic E-state index is 11.3. The summed E-state index contributed by atoms with van der Waals surface area (Å²) in [5.74, 6) is -1.91. The number of esters is 2. The average molecular weight is 244 g/mol. The van der Waals surface area contributed by atoms with Crippen LogP contribution in [0.5, 0.6) is 0 Å². The van der Waals surface area contributed by atoms with E-state index in [4.69, 9.17) is 14.6 Å². The molecule has 0 bridgehead atoms. The zero-order valence-electron chi connectivity index (χ0n) is 9.73. The Morgan fingerprint density at radius 1 is 1.12 bits per heavy atom. The van der Waals surface area contributed by atoms with Crippen LogP contribution in [0.2, 0.25) is 0 Å². The molecule has 0 aliphatic heterocycles. The monoisotopic (exact) mass is 244 g/mol. The number of carboxylic acid groups (broad SMARTS) is 1. The van der Waals surface area contributed by atoms with E-state index >= 15 is 0 Å². The predicted molar refractivity (Wildman–Crippen MR) is 56.1 cm³/mol. The maximum Gasteiger partial charge on any atom is 0.311 e. The Bertz CT molecular complexity index is 318. The Balaban J connectivity index is 2.02. The lowest BCUT2D eigenvalue weighted by Gasteiger charge is -2.09. The molecule has 1 N–H and O–H groups in total. The van der Waals surface area contributed by atoms with Crippen LogP contribution < -0.4 is 0 Å². The van der Waals surface area contributed by atoms with Gasteiger partial charge < -0.3 is 14.6 Å². The molecule has 6 heteroatoms. The van der Waals surface area contributed by atoms with Crippen molar-refractivity contribution in [2.75, 3.05) is 13.2 Å². The first-order valence-corrected chi connectivity index (χ1v) is 5.49. The third-order valence-electron chi connectivity index (χ3n) is 2.62. The molecule has 0 radical (unpaired) electrons. The normalized spacial score (nSPS) is 16.1. The lowest BCUT2D eigenvalue weighted by atomic mass is 10.1. The molecule has 6 nitrogen and oxygen atoms in total. The van der Waals surface area contributed by atoms with Gasteiger partial charge in [0.15, 0.2) is 0 Å². The van der Waals surface area contributed by atoms with Gasteiger partial charge in [0.25, 0.3) is 0 Å². The largest absolute Gasteiger partial charge is 0.481 e. The van der Waals surface area contributed by atoms with Crippen LogP contribution >= 0.6 is 0 Å². The van der Waals surface area contributed by atoms with Gasteiger partial charge in [-0.25, -0.2) is 0 Å². The van der Waals surface area contributed by atoms with Crippen molar-refractivity contribution in [1.29, 1.82) is 0 Å². The Kier molecular flexibility index (Phi) is 4.48. The van der Waals surface area contributed by atoms with Crippen LogP contribution in [0.4, 0.5) is 0 Å². The number of rotatable bonds is 7. The van der Waals surface area contributed by atoms with Gasteiger partial charge in [0.1, 0.15) is 13.2 Å². The van der Waals surface area contributed by atoms with E-state index < -0.39 is 11.9 Å². The van der Waals surface area contributed by atoms with Gasteiger partial charge in [-0.2, -0.15) is 0 Å². The van der Waals surface area contributed by atoms with Gasteiger partial charge in [0.05, 0.1) is 18.3 Å². The van der Waals surface area contributed by atoms with Crippen LogP contribution in [0, 0.1) is 5.41 Å². The van der Waals surface area contributed by atoms with Gasteiger partial charge in [0.2, 0.25) is 0 Å². The molecule has 17 heavy (non-hydrogen) atoms. The van der Waals surface area contributed by atoms with E-state index in [2.05, 4.69) is 0 Å². The number of carbonyl (C=O) groups excluding carboxylic acids is 2. The van der Waals surface area contributed by atoms with Crippen molar-refractivity contribution < 1.29 is 29.0 Å². The zero-order valence-corrected chi connectivity index (χ0v) is 9.73. The highest BCUT2D eigenvalue weighted by atomic mass is 16.6. The summed E-state index contributed by atoms with van der Waals surface area (Å²) in [6.07, 6.45) is 1.26. The van der Waals surface area contributed by atoms with Gasteiger partial charge in [-0.05, 0) is 19.8 Å². The van der Waals surface area contributed by atoms with Crippen molar-refractivity contribution in [2.45, 2.75) is 32.6 Å². The number of hydrogen-bond donors (Lipinski definition) is 1. The molecule has 0 spiro atoms. The summed E-state index contributed by atoms with van der Waals surface area (Å²) in [6, 6.07) is 0. The fourth-order valence-corrected chi connectivity index (χ4v) is 1.14. The van der Waals surface area contributed by atoms with E-state index in [0.717, 1.165) is 12.8 Å². The van der Waals surface area contributed by atoms with Gasteiger partial charge >= 0.3 is 17.9 Å². The van der Waals surface area contributed by atoms with E-state index in [1.54, 1.807) is 0 Å². The van der Waals surface area contributed by atoms with E-state index in [9.17, 15) is 14.4 Å². The second-order valence-corrected chi connectivity index (χ2v) is 4.31. The first-order valence-electron chi connectivity index (χ1n) is 5.49. The third kappa shape index (κ3) is 4.84. The number of hydrogen-bond acceptors (Lipinski definition) is 5. The summed E-state index contributed by atoms with van der Waals surface area (Å²) < 4.78 is 9.61. The molecule has 1 fully saturated rings. The summed E-state index contributed by atoms with van der Waals surface area (Å²) in [4.78, 5) is 32.5. The summed E-state index contributed by atoms with van der Waals surface area (Å²) in [5.41, 5.74) is -0.340. The number of aliphatic carboxylic acids is 1. The van der Waals surface area contributed by atoms with Crippen molar-refractivity contribution in [3.05, 3.63) is 0 Å². The van der Waals surface area contributed by atoms with E-state index in [1.165, 1.54) is 0 Å². The van der Waals surface area contributed by atoms with Crippen LogP contribution in [-0.4, -0.2) is 36.2 Å². The molecule has 0 aromatic rings. The van der Waals surface area contributed by atoms with Crippen LogP contribution in [0.3, 0.4) is 0 Å². The minimum atomic E-state index is -1.05. The minimum Gasteiger partial charge on any atom is -0.481 e. The van der Waals surface area contributed by atoms with Gasteiger partial charge in [0, 0.05) is 0 Å². The van der Waals surface area contributed by atoms with Gasteiger partial charge in [-0.1, -0.05) is 0 Å². The van der Waals surface area contributed by atoms with E-state index in [0.29, 0.717) is 0 Å².